The Morgan fingerprint density at radius 1 is 1.21 bits per heavy atom. The lowest BCUT2D eigenvalue weighted by Gasteiger charge is -2.13. The first kappa shape index (κ1) is 26.1. The Hall–Kier alpha value is -1.89. The summed E-state index contributed by atoms with van der Waals surface area (Å²) in [7, 11) is 1.73. The van der Waals surface area contributed by atoms with Crippen molar-refractivity contribution in [2.75, 3.05) is 20.1 Å². The molecule has 0 fully saturated rings. The molecule has 156 valence electrons. The average molecular weight is 406 g/mol. The molecule has 0 saturated carbocycles. The van der Waals surface area contributed by atoms with E-state index in [-0.39, 0.29) is 11.2 Å². The number of hydrogen-bond donors (Lipinski definition) is 2. The fraction of sp³-hybridized carbons (Fsp3) is 0.455. The van der Waals surface area contributed by atoms with Crippen LogP contribution in [0.2, 0.25) is 0 Å². The number of hydrogen-bond acceptors (Lipinski definition) is 4. The fourth-order valence-corrected chi connectivity index (χ4v) is 2.83. The molecule has 0 aliphatic rings. The molecule has 28 heavy (non-hydrogen) atoms. The molecule has 0 aliphatic heterocycles. The van der Waals surface area contributed by atoms with Crippen molar-refractivity contribution in [1.82, 2.24) is 10.0 Å². The Bertz CT molecular complexity index is 593. The highest BCUT2D eigenvalue weighted by Crippen LogP contribution is 2.13. The summed E-state index contributed by atoms with van der Waals surface area (Å²) in [6, 6.07) is 0. The predicted molar refractivity (Wildman–Crippen MR) is 123 cm³/mol. The van der Waals surface area contributed by atoms with E-state index < -0.39 is 11.4 Å². The van der Waals surface area contributed by atoms with Gasteiger partial charge in [-0.1, -0.05) is 43.5 Å². The van der Waals surface area contributed by atoms with Crippen LogP contribution in [-0.2, 0) is 16.2 Å². The molecule has 1 amide bonds. The summed E-state index contributed by atoms with van der Waals surface area (Å²) >= 11 is -0.995. The molecule has 1 atom stereocenters. The fourth-order valence-electron chi connectivity index (χ4n) is 2.15. The van der Waals surface area contributed by atoms with Gasteiger partial charge in [0.25, 0.3) is 0 Å². The van der Waals surface area contributed by atoms with Crippen molar-refractivity contribution in [3.05, 3.63) is 60.8 Å². The molecular weight excluding hydrogens is 370 g/mol. The van der Waals surface area contributed by atoms with Gasteiger partial charge in [-0.25, -0.2) is 0 Å². The Morgan fingerprint density at radius 3 is 2.57 bits per heavy atom. The number of nitrogens with one attached hydrogen (secondary N) is 2. The first-order valence-electron chi connectivity index (χ1n) is 9.57. The van der Waals surface area contributed by atoms with Crippen LogP contribution >= 0.6 is 0 Å². The Balaban J connectivity index is 4.20. The van der Waals surface area contributed by atoms with Crippen molar-refractivity contribution in [2.24, 2.45) is 4.99 Å². The minimum Gasteiger partial charge on any atom is -0.598 e. The summed E-state index contributed by atoms with van der Waals surface area (Å²) in [5, 5.41) is 2.99. The lowest BCUT2D eigenvalue weighted by molar-refractivity contribution is -0.120. The molecule has 0 aromatic rings. The van der Waals surface area contributed by atoms with Crippen LogP contribution in [0.25, 0.3) is 0 Å². The lowest BCUT2D eigenvalue weighted by Crippen LogP contribution is -2.31. The predicted octanol–water partition coefficient (Wildman–Crippen LogP) is 3.81. The van der Waals surface area contributed by atoms with E-state index in [4.69, 9.17) is 0 Å². The maximum atomic E-state index is 11.9. The van der Waals surface area contributed by atoms with Gasteiger partial charge >= 0.3 is 0 Å². The van der Waals surface area contributed by atoms with Crippen molar-refractivity contribution in [1.29, 1.82) is 0 Å². The normalized spacial score (nSPS) is 14.0. The zero-order valence-corrected chi connectivity index (χ0v) is 18.3. The summed E-state index contributed by atoms with van der Waals surface area (Å²) in [6.07, 6.45) is 15.8. The molecule has 0 rings (SSSR count). The molecule has 2 N–H and O–H groups in total. The highest BCUT2D eigenvalue weighted by atomic mass is 32.2. The number of allylic oxidation sites excluding steroid dienone is 7. The lowest BCUT2D eigenvalue weighted by atomic mass is 10.0. The number of amides is 1. The van der Waals surface area contributed by atoms with Gasteiger partial charge in [0.05, 0.1) is 0 Å². The van der Waals surface area contributed by atoms with E-state index in [0.717, 1.165) is 30.4 Å². The molecule has 1 unspecified atom stereocenters. The van der Waals surface area contributed by atoms with E-state index in [2.05, 4.69) is 28.2 Å². The molecule has 6 heteroatoms. The molecule has 0 aromatic carbocycles. The molecule has 0 radical (unpaired) electrons. The Morgan fingerprint density at radius 2 is 1.96 bits per heavy atom. The Kier molecular flexibility index (Phi) is 16.1. The van der Waals surface area contributed by atoms with Gasteiger partial charge in [0.2, 0.25) is 5.91 Å². The van der Waals surface area contributed by atoms with Crippen LogP contribution in [0.3, 0.4) is 0 Å². The number of nitrogens with zero attached hydrogens (tertiary/aromatic N) is 1. The number of unbranched alkanes of at least 4 members (excludes halogenated alkanes) is 1. The van der Waals surface area contributed by atoms with Crippen LogP contribution in [-0.4, -0.2) is 42.1 Å². The Labute approximate surface area is 173 Å². The van der Waals surface area contributed by atoms with Gasteiger partial charge in [-0.05, 0) is 50.3 Å². The van der Waals surface area contributed by atoms with E-state index in [0.29, 0.717) is 19.5 Å². The second-order valence-electron chi connectivity index (χ2n) is 6.41. The SMILES string of the molecule is C=C/C=C(\C=C/CNC(=O)CCCCN[S+]([O-])C(C)C)C/C(C=C)=C/C=N\C. The van der Waals surface area contributed by atoms with Crippen LogP contribution in [0.4, 0.5) is 0 Å². The van der Waals surface area contributed by atoms with E-state index in [1.807, 2.05) is 38.2 Å². The molecule has 0 aromatic heterocycles. The highest BCUT2D eigenvalue weighted by molar-refractivity contribution is 7.90. The first-order valence-corrected chi connectivity index (χ1v) is 10.8. The van der Waals surface area contributed by atoms with Crippen molar-refractivity contribution in [3.8, 4) is 0 Å². The van der Waals surface area contributed by atoms with Gasteiger partial charge in [0.15, 0.2) is 0 Å². The maximum Gasteiger partial charge on any atom is 0.220 e. The third kappa shape index (κ3) is 14.2. The van der Waals surface area contributed by atoms with Gasteiger partial charge in [-0.3, -0.25) is 9.79 Å². The second-order valence-corrected chi connectivity index (χ2v) is 8.24. The maximum absolute atomic E-state index is 11.9. The largest absolute Gasteiger partial charge is 0.598 e. The molecule has 0 spiro atoms. The van der Waals surface area contributed by atoms with E-state index in [1.54, 1.807) is 25.4 Å². The van der Waals surface area contributed by atoms with E-state index in [9.17, 15) is 9.35 Å². The van der Waals surface area contributed by atoms with Crippen molar-refractivity contribution in [2.45, 2.75) is 44.8 Å². The smallest absolute Gasteiger partial charge is 0.220 e. The van der Waals surface area contributed by atoms with Crippen LogP contribution < -0.4 is 10.0 Å². The molecule has 5 nitrogen and oxygen atoms in total. The minimum absolute atomic E-state index is 0.0229. The number of aliphatic imine (C=N–C) groups is 1. The summed E-state index contributed by atoms with van der Waals surface area (Å²) in [5.41, 5.74) is 2.13. The highest BCUT2D eigenvalue weighted by Gasteiger charge is 2.10. The second kappa shape index (κ2) is 17.2. The summed E-state index contributed by atoms with van der Waals surface area (Å²) in [4.78, 5) is 15.8. The van der Waals surface area contributed by atoms with Crippen molar-refractivity contribution >= 4 is 23.5 Å². The zero-order chi connectivity index (χ0) is 21.2. The topological polar surface area (TPSA) is 76.5 Å². The molecule has 0 saturated heterocycles. The van der Waals surface area contributed by atoms with Crippen LogP contribution in [0, 0.1) is 0 Å². The number of carbonyl (C=O) groups excluding carboxylic acids is 1. The zero-order valence-electron chi connectivity index (χ0n) is 17.4. The first-order chi connectivity index (χ1) is 13.4. The summed E-state index contributed by atoms with van der Waals surface area (Å²) in [5.74, 6) is 0.0229. The minimum atomic E-state index is -0.995. The van der Waals surface area contributed by atoms with Crippen molar-refractivity contribution in [3.63, 3.8) is 0 Å². The quantitative estimate of drug-likeness (QED) is 0.188. The van der Waals surface area contributed by atoms with Crippen molar-refractivity contribution < 1.29 is 9.35 Å². The standard InChI is InChI=1S/C22H35N3O2S/c1-6-11-21(18-20(7-2)14-17-23-5)12-10-15-24-22(26)13-8-9-16-25-28(27)19(3)4/h6-7,10-12,14,17,19,25H,1-2,8-9,13,15-16,18H2,3-5H3,(H,24,26)/b12-10-,20-14+,21-11+,23-17-. The molecule has 0 heterocycles. The van der Waals surface area contributed by atoms with E-state index >= 15 is 0 Å². The van der Waals surface area contributed by atoms with Crippen LogP contribution in [0.1, 0.15) is 39.5 Å². The van der Waals surface area contributed by atoms with E-state index in [1.165, 1.54) is 0 Å². The van der Waals surface area contributed by atoms with Gasteiger partial charge < -0.3 is 9.87 Å². The third-order valence-electron chi connectivity index (χ3n) is 3.69. The summed E-state index contributed by atoms with van der Waals surface area (Å²) < 4.78 is 14.5. The number of carbonyl (C=O) groups is 1. The molecule has 0 aliphatic carbocycles. The molecule has 0 bridgehead atoms. The van der Waals surface area contributed by atoms with Crippen LogP contribution in [0.5, 0.6) is 0 Å². The van der Waals surface area contributed by atoms with Crippen LogP contribution in [0.15, 0.2) is 65.8 Å². The summed E-state index contributed by atoms with van der Waals surface area (Å²) in [6.45, 7) is 12.5. The van der Waals surface area contributed by atoms with Gasteiger partial charge in [-0.2, -0.15) is 0 Å². The van der Waals surface area contributed by atoms with Gasteiger partial charge in [0.1, 0.15) is 5.25 Å². The number of rotatable bonds is 15. The average Bonchev–Trinajstić information content (AvgIpc) is 2.67. The third-order valence-corrected chi connectivity index (χ3v) is 5.04. The van der Waals surface area contributed by atoms with Gasteiger partial charge in [0, 0.05) is 44.1 Å². The molecular formula is C22H35N3O2S. The monoisotopic (exact) mass is 405 g/mol. The van der Waals surface area contributed by atoms with Gasteiger partial charge in [-0.15, -0.1) is 4.72 Å².